The zero-order valence-electron chi connectivity index (χ0n) is 20.3. The average Bonchev–Trinajstić information content (AvgIpc) is 3.64. The van der Waals surface area contributed by atoms with Crippen molar-refractivity contribution in [1.82, 2.24) is 9.21 Å². The summed E-state index contributed by atoms with van der Waals surface area (Å²) in [7, 11) is -3.28. The molecule has 1 aliphatic heterocycles. The van der Waals surface area contributed by atoms with E-state index in [9.17, 15) is 22.0 Å². The maximum absolute atomic E-state index is 14.1. The summed E-state index contributed by atoms with van der Waals surface area (Å²) in [6.45, 7) is 3.57. The summed E-state index contributed by atoms with van der Waals surface area (Å²) in [5.41, 5.74) is 1.15. The van der Waals surface area contributed by atoms with E-state index in [1.54, 1.807) is 6.07 Å². The molecule has 0 N–H and O–H groups in total. The van der Waals surface area contributed by atoms with Gasteiger partial charge >= 0.3 is 0 Å². The number of alkyl halides is 2. The number of ketones is 1. The van der Waals surface area contributed by atoms with E-state index in [0.29, 0.717) is 68.4 Å². The summed E-state index contributed by atoms with van der Waals surface area (Å²) in [5.74, 6) is -2.07. The molecule has 0 aromatic heterocycles. The average molecular weight is 554 g/mol. The number of carbonyl (C=O) groups excluding carboxylic acids is 1. The molecule has 3 aliphatic rings. The normalized spacial score (nSPS) is 23.0. The Morgan fingerprint density at radius 3 is 2.26 bits per heavy atom. The standard InChI is InChI=1S/C25H35ClF2N2O3S.ClH/c1-2-17-34(32,33)30-15-13-29(14-16-30)24(9-11-25(27,28)12-10-24)8-7-23(31)21-6-5-20(18-22(21)26)19-3-4-19;/h5-6,18-19H,2-4,7-17H2,1H3;1H. The van der Waals surface area contributed by atoms with Crippen LogP contribution in [0, 0.1) is 0 Å². The number of carbonyl (C=O) groups is 1. The van der Waals surface area contributed by atoms with E-state index in [4.69, 9.17) is 11.6 Å². The molecule has 198 valence electrons. The third-order valence-corrected chi connectivity index (χ3v) is 10.2. The Labute approximate surface area is 219 Å². The number of benzene rings is 1. The van der Waals surface area contributed by atoms with E-state index in [1.807, 2.05) is 19.1 Å². The summed E-state index contributed by atoms with van der Waals surface area (Å²) in [6, 6.07) is 5.67. The second-order valence-corrected chi connectivity index (χ2v) is 12.7. The van der Waals surface area contributed by atoms with Gasteiger partial charge in [-0.3, -0.25) is 9.69 Å². The first-order valence-electron chi connectivity index (χ1n) is 12.5. The van der Waals surface area contributed by atoms with E-state index in [2.05, 4.69) is 4.90 Å². The zero-order chi connectivity index (χ0) is 24.6. The number of hydrogen-bond donors (Lipinski definition) is 0. The fourth-order valence-electron chi connectivity index (χ4n) is 5.54. The van der Waals surface area contributed by atoms with E-state index in [-0.39, 0.29) is 43.2 Å². The van der Waals surface area contributed by atoms with Crippen LogP contribution in [0.2, 0.25) is 5.02 Å². The molecule has 2 aliphatic carbocycles. The van der Waals surface area contributed by atoms with Gasteiger partial charge in [-0.05, 0) is 62.1 Å². The van der Waals surface area contributed by atoms with Gasteiger partial charge in [0, 0.05) is 56.5 Å². The van der Waals surface area contributed by atoms with Crippen LogP contribution in [-0.2, 0) is 10.0 Å². The molecule has 1 aromatic rings. The first-order valence-corrected chi connectivity index (χ1v) is 14.5. The Hall–Kier alpha value is -0.800. The van der Waals surface area contributed by atoms with Crippen LogP contribution in [0.4, 0.5) is 8.78 Å². The molecule has 2 saturated carbocycles. The second-order valence-electron chi connectivity index (χ2n) is 10.2. The number of hydrogen-bond acceptors (Lipinski definition) is 4. The quantitative estimate of drug-likeness (QED) is 0.357. The van der Waals surface area contributed by atoms with Crippen molar-refractivity contribution >= 4 is 39.8 Å². The van der Waals surface area contributed by atoms with Crippen LogP contribution in [-0.4, -0.2) is 66.8 Å². The monoisotopic (exact) mass is 552 g/mol. The highest BCUT2D eigenvalue weighted by Crippen LogP contribution is 2.45. The van der Waals surface area contributed by atoms with E-state index < -0.39 is 21.5 Å². The molecule has 35 heavy (non-hydrogen) atoms. The molecule has 5 nitrogen and oxygen atoms in total. The number of nitrogens with zero attached hydrogens (tertiary/aromatic N) is 2. The van der Waals surface area contributed by atoms with E-state index in [1.165, 1.54) is 9.87 Å². The topological polar surface area (TPSA) is 57.7 Å². The molecule has 1 heterocycles. The summed E-state index contributed by atoms with van der Waals surface area (Å²) in [6.07, 6.45) is 3.81. The minimum atomic E-state index is -3.28. The molecule has 0 bridgehead atoms. The van der Waals surface area contributed by atoms with Crippen LogP contribution in [0.25, 0.3) is 0 Å². The molecule has 0 amide bonds. The number of rotatable bonds is 9. The van der Waals surface area contributed by atoms with Gasteiger partial charge in [-0.1, -0.05) is 24.6 Å². The second kappa shape index (κ2) is 11.3. The summed E-state index contributed by atoms with van der Waals surface area (Å²) in [4.78, 5) is 15.2. The summed E-state index contributed by atoms with van der Waals surface area (Å²) < 4.78 is 54.5. The Morgan fingerprint density at radius 1 is 1.09 bits per heavy atom. The van der Waals surface area contributed by atoms with Crippen molar-refractivity contribution in [2.75, 3.05) is 31.9 Å². The molecule has 0 spiro atoms. The van der Waals surface area contributed by atoms with Gasteiger partial charge < -0.3 is 0 Å². The highest BCUT2D eigenvalue weighted by molar-refractivity contribution is 7.89. The molecule has 4 rings (SSSR count). The predicted molar refractivity (Wildman–Crippen MR) is 138 cm³/mol. The smallest absolute Gasteiger partial charge is 0.248 e. The van der Waals surface area contributed by atoms with Crippen molar-refractivity contribution in [2.24, 2.45) is 0 Å². The third kappa shape index (κ3) is 6.75. The molecule has 3 fully saturated rings. The van der Waals surface area contributed by atoms with Gasteiger partial charge in [0.15, 0.2) is 5.78 Å². The maximum Gasteiger partial charge on any atom is 0.248 e. The number of Topliss-reactive ketones (excluding diaryl/α,β-unsaturated/α-hetero) is 1. The van der Waals surface area contributed by atoms with Crippen molar-refractivity contribution in [3.05, 3.63) is 34.3 Å². The number of sulfonamides is 1. The molecule has 10 heteroatoms. The first-order chi connectivity index (χ1) is 16.1. The minimum Gasteiger partial charge on any atom is -0.295 e. The largest absolute Gasteiger partial charge is 0.295 e. The van der Waals surface area contributed by atoms with Crippen LogP contribution in [0.15, 0.2) is 18.2 Å². The van der Waals surface area contributed by atoms with Crippen molar-refractivity contribution in [2.45, 2.75) is 82.1 Å². The van der Waals surface area contributed by atoms with Crippen LogP contribution >= 0.6 is 24.0 Å². The Morgan fingerprint density at radius 2 is 1.71 bits per heavy atom. The molecule has 0 unspecified atom stereocenters. The van der Waals surface area contributed by atoms with Gasteiger partial charge in [0.2, 0.25) is 15.9 Å². The van der Waals surface area contributed by atoms with Crippen molar-refractivity contribution < 1.29 is 22.0 Å². The number of piperazine rings is 1. The minimum absolute atomic E-state index is 0. The lowest BCUT2D eigenvalue weighted by atomic mass is 9.74. The number of halogens is 4. The van der Waals surface area contributed by atoms with Gasteiger partial charge in [0.05, 0.1) is 10.8 Å². The highest BCUT2D eigenvalue weighted by Gasteiger charge is 2.47. The molecule has 0 atom stereocenters. The van der Waals surface area contributed by atoms with E-state index in [0.717, 1.165) is 12.8 Å². The SMILES string of the molecule is CCCS(=O)(=O)N1CCN(C2(CCC(=O)c3ccc(C4CC4)cc3Cl)CCC(F)(F)CC2)CC1.Cl. The van der Waals surface area contributed by atoms with Crippen LogP contribution < -0.4 is 0 Å². The Kier molecular flexibility index (Phi) is 9.29. The summed E-state index contributed by atoms with van der Waals surface area (Å²) >= 11 is 6.43. The highest BCUT2D eigenvalue weighted by atomic mass is 35.5. The Balaban J connectivity index is 0.00000342. The van der Waals surface area contributed by atoms with Crippen molar-refractivity contribution in [3.8, 4) is 0 Å². The Bertz CT molecular complexity index is 1000. The van der Waals surface area contributed by atoms with Crippen molar-refractivity contribution in [1.29, 1.82) is 0 Å². The van der Waals surface area contributed by atoms with Crippen molar-refractivity contribution in [3.63, 3.8) is 0 Å². The van der Waals surface area contributed by atoms with Gasteiger partial charge in [-0.25, -0.2) is 17.2 Å². The van der Waals surface area contributed by atoms with Gasteiger partial charge in [0.1, 0.15) is 0 Å². The van der Waals surface area contributed by atoms with Gasteiger partial charge in [0.25, 0.3) is 0 Å². The molecule has 1 saturated heterocycles. The third-order valence-electron chi connectivity index (χ3n) is 7.84. The summed E-state index contributed by atoms with van der Waals surface area (Å²) in [5, 5.41) is 0.466. The molecular formula is C25H36Cl2F2N2O3S. The van der Waals surface area contributed by atoms with Crippen LogP contribution in [0.5, 0.6) is 0 Å². The predicted octanol–water partition coefficient (Wildman–Crippen LogP) is 5.91. The maximum atomic E-state index is 14.1. The van der Waals surface area contributed by atoms with Crippen LogP contribution in [0.1, 0.15) is 86.6 Å². The lowest BCUT2D eigenvalue weighted by Crippen LogP contribution is -2.60. The molecule has 0 radical (unpaired) electrons. The zero-order valence-corrected chi connectivity index (χ0v) is 22.7. The lowest BCUT2D eigenvalue weighted by molar-refractivity contribution is -0.0891. The van der Waals surface area contributed by atoms with Gasteiger partial charge in [-0.2, -0.15) is 4.31 Å². The molecule has 1 aromatic carbocycles. The van der Waals surface area contributed by atoms with Crippen LogP contribution in [0.3, 0.4) is 0 Å². The lowest BCUT2D eigenvalue weighted by Gasteiger charge is -2.51. The fraction of sp³-hybridized carbons (Fsp3) is 0.720. The van der Waals surface area contributed by atoms with E-state index >= 15 is 0 Å². The fourth-order valence-corrected chi connectivity index (χ4v) is 7.33. The van der Waals surface area contributed by atoms with Gasteiger partial charge in [-0.15, -0.1) is 12.4 Å². The first kappa shape index (κ1) is 28.8. The molecular weight excluding hydrogens is 517 g/mol.